The maximum atomic E-state index is 11.9. The van der Waals surface area contributed by atoms with Crippen LogP contribution in [0.2, 0.25) is 0 Å². The summed E-state index contributed by atoms with van der Waals surface area (Å²) in [4.78, 5) is 18.0. The van der Waals surface area contributed by atoms with Gasteiger partial charge in [0.2, 0.25) is 0 Å². The Labute approximate surface area is 79.4 Å². The molecule has 0 saturated carbocycles. The summed E-state index contributed by atoms with van der Waals surface area (Å²) in [6, 6.07) is 7.52. The Morgan fingerprint density at radius 3 is 2.71 bits per heavy atom. The van der Waals surface area contributed by atoms with E-state index in [4.69, 9.17) is 0 Å². The van der Waals surface area contributed by atoms with Crippen molar-refractivity contribution in [3.05, 3.63) is 46.9 Å². The lowest BCUT2D eigenvalue weighted by Crippen LogP contribution is -2.01. The van der Waals surface area contributed by atoms with Crippen LogP contribution in [-0.2, 0) is 0 Å². The highest BCUT2D eigenvalue weighted by Gasteiger charge is 2.03. The lowest BCUT2D eigenvalue weighted by atomic mass is 10.2. The van der Waals surface area contributed by atoms with Gasteiger partial charge in [-0.3, -0.25) is 4.79 Å². The fraction of sp³-hybridized carbons (Fsp3) is 0. The minimum Gasteiger partial charge on any atom is -0.365 e. The summed E-state index contributed by atoms with van der Waals surface area (Å²) in [5.74, 6) is 0. The zero-order valence-corrected chi connectivity index (χ0v) is 7.37. The quantitative estimate of drug-likeness (QED) is 0.551. The van der Waals surface area contributed by atoms with E-state index < -0.39 is 0 Å². The summed E-state index contributed by atoms with van der Waals surface area (Å²) in [6.07, 6.45) is 3.52. The smallest absolute Gasteiger partial charge is 0.198 e. The molecule has 0 bridgehead atoms. The van der Waals surface area contributed by atoms with Crippen molar-refractivity contribution in [3.63, 3.8) is 0 Å². The van der Waals surface area contributed by atoms with Gasteiger partial charge in [-0.1, -0.05) is 12.1 Å². The second-order valence-electron chi connectivity index (χ2n) is 3.28. The van der Waals surface area contributed by atoms with Gasteiger partial charge >= 0.3 is 0 Å². The molecule has 0 radical (unpaired) electrons. The summed E-state index contributed by atoms with van der Waals surface area (Å²) < 4.78 is 0. The van der Waals surface area contributed by atoms with E-state index in [1.165, 1.54) is 0 Å². The monoisotopic (exact) mass is 184 g/mol. The third-order valence-electron chi connectivity index (χ3n) is 2.43. The largest absolute Gasteiger partial charge is 0.365 e. The Balaban J connectivity index is 2.70. The van der Waals surface area contributed by atoms with Crippen molar-refractivity contribution < 1.29 is 0 Å². The molecular formula is C11H8N2O. The van der Waals surface area contributed by atoms with Crippen LogP contribution >= 0.6 is 0 Å². The first kappa shape index (κ1) is 7.38. The molecule has 2 heterocycles. The third kappa shape index (κ3) is 0.836. The molecule has 3 rings (SSSR count). The molecule has 3 heteroatoms. The first-order valence-electron chi connectivity index (χ1n) is 4.44. The Morgan fingerprint density at radius 1 is 0.929 bits per heavy atom. The molecule has 2 N–H and O–H groups in total. The number of nitrogens with one attached hydrogen (secondary N) is 2. The van der Waals surface area contributed by atoms with Crippen LogP contribution in [0.1, 0.15) is 0 Å². The maximum Gasteiger partial charge on any atom is 0.198 e. The van der Waals surface area contributed by atoms with Crippen molar-refractivity contribution in [2.75, 3.05) is 0 Å². The lowest BCUT2D eigenvalue weighted by Gasteiger charge is -1.96. The zero-order valence-electron chi connectivity index (χ0n) is 7.37. The molecule has 3 aromatic rings. The summed E-state index contributed by atoms with van der Waals surface area (Å²) in [5.41, 5.74) is 1.81. The van der Waals surface area contributed by atoms with Gasteiger partial charge in [-0.05, 0) is 12.1 Å². The number of hydrogen-bond donors (Lipinski definition) is 2. The average Bonchev–Trinajstić information content (AvgIpc) is 2.66. The van der Waals surface area contributed by atoms with E-state index in [-0.39, 0.29) is 5.43 Å². The molecule has 1 aromatic carbocycles. The number of H-pyrrole nitrogens is 2. The van der Waals surface area contributed by atoms with Gasteiger partial charge in [-0.25, -0.2) is 0 Å². The molecule has 2 aromatic heterocycles. The highest BCUT2D eigenvalue weighted by atomic mass is 16.1. The summed E-state index contributed by atoms with van der Waals surface area (Å²) in [5, 5.41) is 1.45. The summed E-state index contributed by atoms with van der Waals surface area (Å²) >= 11 is 0. The van der Waals surface area contributed by atoms with Crippen molar-refractivity contribution >= 4 is 21.8 Å². The molecule has 0 aliphatic carbocycles. The number of pyridine rings is 1. The first-order valence-corrected chi connectivity index (χ1v) is 4.44. The highest BCUT2D eigenvalue weighted by Crippen LogP contribution is 2.12. The van der Waals surface area contributed by atoms with Crippen LogP contribution in [0.15, 0.2) is 41.5 Å². The Bertz CT molecular complexity index is 663. The first-order chi connectivity index (χ1) is 6.86. The van der Waals surface area contributed by atoms with Crippen LogP contribution in [0.3, 0.4) is 0 Å². The molecule has 3 nitrogen and oxygen atoms in total. The van der Waals surface area contributed by atoms with Gasteiger partial charge in [0.25, 0.3) is 0 Å². The zero-order chi connectivity index (χ0) is 9.54. The van der Waals surface area contributed by atoms with Gasteiger partial charge in [0, 0.05) is 23.3 Å². The van der Waals surface area contributed by atoms with Crippen molar-refractivity contribution in [3.8, 4) is 0 Å². The molecule has 14 heavy (non-hydrogen) atoms. The van der Waals surface area contributed by atoms with Crippen LogP contribution in [0.5, 0.6) is 0 Å². The van der Waals surface area contributed by atoms with Crippen molar-refractivity contribution in [1.29, 1.82) is 0 Å². The van der Waals surface area contributed by atoms with E-state index in [1.807, 2.05) is 24.3 Å². The molecule has 0 unspecified atom stereocenters. The van der Waals surface area contributed by atoms with Crippen LogP contribution < -0.4 is 5.43 Å². The number of hydrogen-bond acceptors (Lipinski definition) is 1. The molecule has 0 spiro atoms. The Morgan fingerprint density at radius 2 is 1.79 bits per heavy atom. The number of aromatic nitrogens is 2. The highest BCUT2D eigenvalue weighted by molar-refractivity contribution is 5.91. The van der Waals surface area contributed by atoms with Crippen LogP contribution in [0.4, 0.5) is 0 Å². The van der Waals surface area contributed by atoms with E-state index >= 15 is 0 Å². The minimum absolute atomic E-state index is 0.0793. The number of para-hydroxylation sites is 1. The van der Waals surface area contributed by atoms with Crippen molar-refractivity contribution in [2.45, 2.75) is 0 Å². The molecule has 0 fully saturated rings. The normalized spacial score (nSPS) is 11.1. The fourth-order valence-electron chi connectivity index (χ4n) is 1.74. The molecule has 68 valence electrons. The molecule has 0 aliphatic heterocycles. The standard InChI is InChI=1S/C11H8N2O/c14-11-7-3-1-2-4-9(7)13-10-6-12-5-8(10)11/h1-6,12-13H. The summed E-state index contributed by atoms with van der Waals surface area (Å²) in [6.45, 7) is 0. The van der Waals surface area contributed by atoms with E-state index in [0.29, 0.717) is 5.39 Å². The van der Waals surface area contributed by atoms with Crippen LogP contribution in [-0.4, -0.2) is 9.97 Å². The van der Waals surface area contributed by atoms with E-state index in [0.717, 1.165) is 16.4 Å². The number of benzene rings is 1. The molecule has 0 saturated heterocycles. The number of fused-ring (bicyclic) bond motifs is 2. The Kier molecular flexibility index (Phi) is 1.31. The van der Waals surface area contributed by atoms with E-state index in [9.17, 15) is 4.79 Å². The van der Waals surface area contributed by atoms with Crippen molar-refractivity contribution in [2.24, 2.45) is 0 Å². The van der Waals surface area contributed by atoms with Gasteiger partial charge in [0.15, 0.2) is 5.43 Å². The van der Waals surface area contributed by atoms with E-state index in [2.05, 4.69) is 9.97 Å². The average molecular weight is 184 g/mol. The number of rotatable bonds is 0. The van der Waals surface area contributed by atoms with Gasteiger partial charge in [0.05, 0.1) is 10.9 Å². The second kappa shape index (κ2) is 2.48. The maximum absolute atomic E-state index is 11.9. The second-order valence-corrected chi connectivity index (χ2v) is 3.28. The van der Waals surface area contributed by atoms with Crippen LogP contribution in [0, 0.1) is 0 Å². The third-order valence-corrected chi connectivity index (χ3v) is 2.43. The van der Waals surface area contributed by atoms with E-state index in [1.54, 1.807) is 12.4 Å². The lowest BCUT2D eigenvalue weighted by molar-refractivity contribution is 1.41. The number of aromatic amines is 2. The predicted molar refractivity (Wildman–Crippen MR) is 56.4 cm³/mol. The van der Waals surface area contributed by atoms with Gasteiger partial charge < -0.3 is 9.97 Å². The SMILES string of the molecule is O=c1c2ccccc2[nH]c2c[nH]cc12. The van der Waals surface area contributed by atoms with Crippen molar-refractivity contribution in [1.82, 2.24) is 9.97 Å². The van der Waals surface area contributed by atoms with Gasteiger partial charge in [-0.15, -0.1) is 0 Å². The van der Waals surface area contributed by atoms with Gasteiger partial charge in [0.1, 0.15) is 0 Å². The molecule has 0 amide bonds. The predicted octanol–water partition coefficient (Wildman–Crippen LogP) is 2.01. The molecule has 0 aliphatic rings. The Hall–Kier alpha value is -2.03. The minimum atomic E-state index is 0.0793. The summed E-state index contributed by atoms with van der Waals surface area (Å²) in [7, 11) is 0. The topological polar surface area (TPSA) is 48.6 Å². The van der Waals surface area contributed by atoms with Gasteiger partial charge in [-0.2, -0.15) is 0 Å². The van der Waals surface area contributed by atoms with Crippen LogP contribution in [0.25, 0.3) is 21.8 Å². The molecular weight excluding hydrogens is 176 g/mol. The fourth-order valence-corrected chi connectivity index (χ4v) is 1.74. The molecule has 0 atom stereocenters.